The van der Waals surface area contributed by atoms with E-state index in [1.54, 1.807) is 0 Å². The van der Waals surface area contributed by atoms with Crippen LogP contribution in [0.15, 0.2) is 4.99 Å². The molecule has 0 aliphatic heterocycles. The lowest BCUT2D eigenvalue weighted by Crippen LogP contribution is -2.39. The average Bonchev–Trinajstić information content (AvgIpc) is 2.79. The first-order chi connectivity index (χ1) is 7.42. The normalized spacial score (nSPS) is 23.9. The molecule has 0 heterocycles. The molecule has 1 fully saturated rings. The molecule has 17 heavy (non-hydrogen) atoms. The molecule has 2 atom stereocenters. The Balaban J connectivity index is 0.00000256. The van der Waals surface area contributed by atoms with Gasteiger partial charge in [-0.2, -0.15) is 13.2 Å². The number of alkyl halides is 3. The van der Waals surface area contributed by atoms with Crippen molar-refractivity contribution in [2.45, 2.75) is 38.9 Å². The lowest BCUT2D eigenvalue weighted by Gasteiger charge is -2.11. The Morgan fingerprint density at radius 2 is 2.00 bits per heavy atom. The molecule has 102 valence electrons. The van der Waals surface area contributed by atoms with E-state index in [2.05, 4.69) is 22.5 Å². The zero-order valence-electron chi connectivity index (χ0n) is 9.97. The Bertz CT molecular complexity index is 256. The van der Waals surface area contributed by atoms with E-state index in [4.69, 9.17) is 0 Å². The van der Waals surface area contributed by atoms with E-state index in [9.17, 15) is 13.2 Å². The van der Waals surface area contributed by atoms with Gasteiger partial charge in [-0.1, -0.05) is 6.92 Å². The van der Waals surface area contributed by atoms with E-state index in [-0.39, 0.29) is 30.5 Å². The fourth-order valence-corrected chi connectivity index (χ4v) is 1.31. The topological polar surface area (TPSA) is 36.4 Å². The highest BCUT2D eigenvalue weighted by Gasteiger charge is 2.33. The van der Waals surface area contributed by atoms with Gasteiger partial charge in [0.05, 0.1) is 13.0 Å². The average molecular weight is 365 g/mol. The van der Waals surface area contributed by atoms with Crippen LogP contribution in [0.4, 0.5) is 13.2 Å². The van der Waals surface area contributed by atoms with Crippen LogP contribution in [-0.2, 0) is 0 Å². The van der Waals surface area contributed by atoms with Crippen LogP contribution in [0, 0.1) is 5.92 Å². The van der Waals surface area contributed by atoms with Crippen molar-refractivity contribution in [3.05, 3.63) is 0 Å². The van der Waals surface area contributed by atoms with Gasteiger partial charge in [-0.05, 0) is 19.3 Å². The van der Waals surface area contributed by atoms with E-state index < -0.39 is 12.6 Å². The molecule has 0 radical (unpaired) electrons. The summed E-state index contributed by atoms with van der Waals surface area (Å²) in [5.41, 5.74) is 0. The molecule has 1 aliphatic carbocycles. The third-order valence-corrected chi connectivity index (χ3v) is 2.44. The molecule has 0 bridgehead atoms. The lowest BCUT2D eigenvalue weighted by molar-refractivity contribution is -0.132. The Hall–Kier alpha value is -0.210. The van der Waals surface area contributed by atoms with Gasteiger partial charge in [-0.25, -0.2) is 0 Å². The number of nitrogens with one attached hydrogen (secondary N) is 2. The van der Waals surface area contributed by atoms with Gasteiger partial charge in [0, 0.05) is 12.6 Å². The monoisotopic (exact) mass is 365 g/mol. The van der Waals surface area contributed by atoms with Crippen LogP contribution in [0.3, 0.4) is 0 Å². The first-order valence-corrected chi connectivity index (χ1v) is 5.54. The zero-order chi connectivity index (χ0) is 12.2. The highest BCUT2D eigenvalue weighted by Crippen LogP contribution is 2.28. The molecular formula is C10H19F3IN3. The van der Waals surface area contributed by atoms with E-state index in [0.29, 0.717) is 24.5 Å². The Morgan fingerprint density at radius 3 is 2.41 bits per heavy atom. The molecule has 7 heteroatoms. The molecule has 1 aliphatic rings. The maximum absolute atomic E-state index is 11.9. The molecule has 0 spiro atoms. The fourth-order valence-electron chi connectivity index (χ4n) is 1.31. The third-order valence-electron chi connectivity index (χ3n) is 2.44. The maximum atomic E-state index is 11.9. The van der Waals surface area contributed by atoms with Crippen LogP contribution >= 0.6 is 24.0 Å². The van der Waals surface area contributed by atoms with Gasteiger partial charge in [-0.15, -0.1) is 24.0 Å². The van der Waals surface area contributed by atoms with Crippen molar-refractivity contribution >= 4 is 29.9 Å². The van der Waals surface area contributed by atoms with Crippen LogP contribution in [0.25, 0.3) is 0 Å². The van der Waals surface area contributed by atoms with Gasteiger partial charge in [0.15, 0.2) is 5.96 Å². The minimum absolute atomic E-state index is 0. The maximum Gasteiger partial charge on any atom is 0.390 e. The number of hydrogen-bond donors (Lipinski definition) is 2. The Kier molecular flexibility index (Phi) is 7.18. The van der Waals surface area contributed by atoms with Crippen molar-refractivity contribution in [3.8, 4) is 0 Å². The van der Waals surface area contributed by atoms with Gasteiger partial charge < -0.3 is 10.6 Å². The summed E-state index contributed by atoms with van der Waals surface area (Å²) in [6.45, 7) is 4.41. The summed E-state index contributed by atoms with van der Waals surface area (Å²) < 4.78 is 35.8. The van der Waals surface area contributed by atoms with Crippen LogP contribution in [-0.4, -0.2) is 31.3 Å². The summed E-state index contributed by atoms with van der Waals surface area (Å²) >= 11 is 0. The molecular weight excluding hydrogens is 346 g/mol. The SMILES string of the molecule is CCNC(=NCCC(F)(F)F)NC1CC1C.I. The lowest BCUT2D eigenvalue weighted by atomic mass is 10.4. The largest absolute Gasteiger partial charge is 0.390 e. The molecule has 2 unspecified atom stereocenters. The predicted molar refractivity (Wildman–Crippen MR) is 72.8 cm³/mol. The Morgan fingerprint density at radius 1 is 1.41 bits per heavy atom. The predicted octanol–water partition coefficient (Wildman–Crippen LogP) is 2.52. The van der Waals surface area contributed by atoms with Crippen molar-refractivity contribution < 1.29 is 13.2 Å². The number of halogens is 4. The van der Waals surface area contributed by atoms with Crippen molar-refractivity contribution in [1.82, 2.24) is 10.6 Å². The van der Waals surface area contributed by atoms with Gasteiger partial charge in [0.25, 0.3) is 0 Å². The molecule has 0 aromatic carbocycles. The van der Waals surface area contributed by atoms with Crippen molar-refractivity contribution in [2.24, 2.45) is 10.9 Å². The molecule has 0 aromatic rings. The number of rotatable bonds is 4. The summed E-state index contributed by atoms with van der Waals surface area (Å²) in [5.74, 6) is 1.08. The van der Waals surface area contributed by atoms with Crippen LogP contribution in [0.5, 0.6) is 0 Å². The molecule has 0 amide bonds. The molecule has 1 rings (SSSR count). The van der Waals surface area contributed by atoms with E-state index in [1.807, 2.05) is 6.92 Å². The second kappa shape index (κ2) is 7.27. The second-order valence-electron chi connectivity index (χ2n) is 4.09. The summed E-state index contributed by atoms with van der Waals surface area (Å²) in [4.78, 5) is 3.89. The summed E-state index contributed by atoms with van der Waals surface area (Å²) in [5, 5.41) is 6.03. The van der Waals surface area contributed by atoms with Crippen LogP contribution in [0.1, 0.15) is 26.7 Å². The van der Waals surface area contributed by atoms with Crippen molar-refractivity contribution in [3.63, 3.8) is 0 Å². The number of aliphatic imine (C=N–C) groups is 1. The highest BCUT2D eigenvalue weighted by atomic mass is 127. The van der Waals surface area contributed by atoms with Crippen molar-refractivity contribution in [1.29, 1.82) is 0 Å². The quantitative estimate of drug-likeness (QED) is 0.456. The third kappa shape index (κ3) is 7.67. The molecule has 0 saturated heterocycles. The summed E-state index contributed by atoms with van der Waals surface area (Å²) in [7, 11) is 0. The van der Waals surface area contributed by atoms with Crippen LogP contribution in [0.2, 0.25) is 0 Å². The number of nitrogens with zero attached hydrogens (tertiary/aromatic N) is 1. The smallest absolute Gasteiger partial charge is 0.357 e. The van der Waals surface area contributed by atoms with Gasteiger partial charge in [0.1, 0.15) is 0 Å². The highest BCUT2D eigenvalue weighted by molar-refractivity contribution is 14.0. The number of hydrogen-bond acceptors (Lipinski definition) is 1. The van der Waals surface area contributed by atoms with Gasteiger partial charge in [-0.3, -0.25) is 4.99 Å². The first-order valence-electron chi connectivity index (χ1n) is 5.54. The first kappa shape index (κ1) is 16.8. The van der Waals surface area contributed by atoms with Crippen molar-refractivity contribution in [2.75, 3.05) is 13.1 Å². The minimum atomic E-state index is -4.13. The molecule has 3 nitrogen and oxygen atoms in total. The molecule has 0 aromatic heterocycles. The fraction of sp³-hybridized carbons (Fsp3) is 0.900. The van der Waals surface area contributed by atoms with Gasteiger partial charge >= 0.3 is 6.18 Å². The van der Waals surface area contributed by atoms with Crippen LogP contribution < -0.4 is 10.6 Å². The molecule has 1 saturated carbocycles. The summed E-state index contributed by atoms with van der Waals surface area (Å²) in [6.07, 6.45) is -3.94. The standard InChI is InChI=1S/C10H18F3N3.HI/c1-3-14-9(16-8-6-7(8)2)15-5-4-10(11,12)13;/h7-8H,3-6H2,1-2H3,(H2,14,15,16);1H. The number of guanidine groups is 1. The van der Waals surface area contributed by atoms with Gasteiger partial charge in [0.2, 0.25) is 0 Å². The zero-order valence-corrected chi connectivity index (χ0v) is 12.3. The van der Waals surface area contributed by atoms with E-state index in [0.717, 1.165) is 6.42 Å². The minimum Gasteiger partial charge on any atom is -0.357 e. The summed E-state index contributed by atoms with van der Waals surface area (Å²) in [6, 6.07) is 0.365. The van der Waals surface area contributed by atoms with E-state index >= 15 is 0 Å². The Labute approximate surface area is 117 Å². The molecule has 2 N–H and O–H groups in total. The second-order valence-corrected chi connectivity index (χ2v) is 4.09. The van der Waals surface area contributed by atoms with E-state index in [1.165, 1.54) is 0 Å².